The number of carbonyl (C=O) groups excluding carboxylic acids is 1. The molecule has 0 unspecified atom stereocenters. The molecule has 0 aliphatic heterocycles. The summed E-state index contributed by atoms with van der Waals surface area (Å²) in [5.74, 6) is -0.0331. The highest BCUT2D eigenvalue weighted by Crippen LogP contribution is 2.60. The molecule has 5 nitrogen and oxygen atoms in total. The van der Waals surface area contributed by atoms with Gasteiger partial charge in [0, 0.05) is 0 Å². The van der Waals surface area contributed by atoms with Crippen LogP contribution in [0.5, 0.6) is 0 Å². The number of hydrogen-bond donors (Lipinski definition) is 0. The average molecular weight is 364 g/mol. The Balaban J connectivity index is 5.54. The second-order valence-corrected chi connectivity index (χ2v) is 9.39. The van der Waals surface area contributed by atoms with Crippen molar-refractivity contribution in [2.75, 3.05) is 32.8 Å². The molecule has 0 saturated carbocycles. The second-order valence-electron chi connectivity index (χ2n) is 6.76. The van der Waals surface area contributed by atoms with Gasteiger partial charge >= 0.3 is 13.5 Å². The molecular formula is C18H39NO4P+. The number of carbonyl (C=O) groups is 1. The van der Waals surface area contributed by atoms with Crippen LogP contribution in [-0.4, -0.2) is 48.4 Å². The van der Waals surface area contributed by atoms with Crippen LogP contribution in [0.3, 0.4) is 0 Å². The van der Waals surface area contributed by atoms with Gasteiger partial charge in [0.1, 0.15) is 0 Å². The van der Waals surface area contributed by atoms with Crippen LogP contribution in [0, 0.1) is 0 Å². The molecular weight excluding hydrogens is 325 g/mol. The summed E-state index contributed by atoms with van der Waals surface area (Å²) in [5.41, 5.74) is 0. The number of nitrogens with zero attached hydrogens (tertiary/aromatic N) is 1. The second kappa shape index (κ2) is 10.7. The standard InChI is InChI=1S/C18H39NO4P/c1-8-13-14-15-16-19(9-2,10-3)17(20)18(6,7)24(21,22-11-4)23-12-5/h8-16H2,1-7H3/q+1. The molecule has 0 radical (unpaired) electrons. The van der Waals surface area contributed by atoms with E-state index in [-0.39, 0.29) is 19.1 Å². The molecule has 6 heteroatoms. The fourth-order valence-electron chi connectivity index (χ4n) is 3.17. The lowest BCUT2D eigenvalue weighted by molar-refractivity contribution is -0.852. The van der Waals surface area contributed by atoms with Gasteiger partial charge in [0.15, 0.2) is 5.16 Å². The maximum absolute atomic E-state index is 13.4. The molecule has 0 fully saturated rings. The minimum absolute atomic E-state index is 0.0331. The molecule has 144 valence electrons. The van der Waals surface area contributed by atoms with Gasteiger partial charge in [0.2, 0.25) is 0 Å². The normalized spacial score (nSPS) is 13.3. The van der Waals surface area contributed by atoms with E-state index in [1.165, 1.54) is 12.8 Å². The lowest BCUT2D eigenvalue weighted by Gasteiger charge is -2.41. The van der Waals surface area contributed by atoms with Gasteiger partial charge in [-0.3, -0.25) is 9.05 Å². The summed E-state index contributed by atoms with van der Waals surface area (Å²) in [4.78, 5) is 13.4. The predicted octanol–water partition coefficient (Wildman–Crippen LogP) is 4.99. The van der Waals surface area contributed by atoms with Crippen molar-refractivity contribution >= 4 is 13.5 Å². The summed E-state index contributed by atoms with van der Waals surface area (Å²) in [7, 11) is -3.51. The molecule has 0 aliphatic rings. The molecule has 0 heterocycles. The topological polar surface area (TPSA) is 52.6 Å². The van der Waals surface area contributed by atoms with Crippen LogP contribution < -0.4 is 0 Å². The molecule has 0 aromatic carbocycles. The van der Waals surface area contributed by atoms with Crippen molar-refractivity contribution in [2.45, 2.75) is 79.3 Å². The van der Waals surface area contributed by atoms with E-state index >= 15 is 0 Å². The summed E-state index contributed by atoms with van der Waals surface area (Å²) in [6.07, 6.45) is 4.48. The Kier molecular flexibility index (Phi) is 10.6. The van der Waals surface area contributed by atoms with Gasteiger partial charge < -0.3 is 9.05 Å². The quantitative estimate of drug-likeness (QED) is 0.262. The summed E-state index contributed by atoms with van der Waals surface area (Å²) >= 11 is 0. The highest BCUT2D eigenvalue weighted by Gasteiger charge is 2.57. The van der Waals surface area contributed by atoms with Gasteiger partial charge in [-0.1, -0.05) is 19.8 Å². The molecule has 0 aromatic heterocycles. The van der Waals surface area contributed by atoms with Crippen LogP contribution in [-0.2, 0) is 18.4 Å². The first-order valence-corrected chi connectivity index (χ1v) is 11.1. The van der Waals surface area contributed by atoms with Crippen molar-refractivity contribution in [3.8, 4) is 0 Å². The Morgan fingerprint density at radius 2 is 1.42 bits per heavy atom. The van der Waals surface area contributed by atoms with E-state index in [0.717, 1.165) is 19.4 Å². The van der Waals surface area contributed by atoms with E-state index in [0.29, 0.717) is 17.6 Å². The van der Waals surface area contributed by atoms with Crippen molar-refractivity contribution in [1.29, 1.82) is 0 Å². The van der Waals surface area contributed by atoms with Crippen LogP contribution in [0.15, 0.2) is 0 Å². The van der Waals surface area contributed by atoms with Gasteiger partial charge in [-0.25, -0.2) is 4.79 Å². The third-order valence-electron chi connectivity index (χ3n) is 4.89. The van der Waals surface area contributed by atoms with Crippen LogP contribution in [0.2, 0.25) is 0 Å². The molecule has 0 saturated heterocycles. The fourth-order valence-corrected chi connectivity index (χ4v) is 5.01. The summed E-state index contributed by atoms with van der Waals surface area (Å²) in [6, 6.07) is 0. The Labute approximate surface area is 149 Å². The summed E-state index contributed by atoms with van der Waals surface area (Å²) < 4.78 is 24.6. The smallest absolute Gasteiger partial charge is 0.308 e. The van der Waals surface area contributed by atoms with Crippen molar-refractivity contribution in [2.24, 2.45) is 0 Å². The fraction of sp³-hybridized carbons (Fsp3) is 0.944. The minimum Gasteiger partial charge on any atom is -0.308 e. The number of rotatable bonds is 13. The molecule has 0 atom stereocenters. The van der Waals surface area contributed by atoms with E-state index in [2.05, 4.69) is 6.92 Å². The number of amides is 1. The maximum Gasteiger partial charge on any atom is 0.349 e. The van der Waals surface area contributed by atoms with Crippen molar-refractivity contribution < 1.29 is 22.9 Å². The third kappa shape index (κ3) is 5.39. The molecule has 0 spiro atoms. The molecule has 0 N–H and O–H groups in total. The summed E-state index contributed by atoms with van der Waals surface area (Å²) in [6.45, 7) is 15.9. The first-order chi connectivity index (χ1) is 11.2. The Bertz CT molecular complexity index is 409. The number of unbranched alkanes of at least 4 members (excludes halogenated alkanes) is 3. The first kappa shape index (κ1) is 23.8. The van der Waals surface area contributed by atoms with E-state index in [4.69, 9.17) is 9.05 Å². The number of quaternary nitrogens is 1. The van der Waals surface area contributed by atoms with E-state index in [1.54, 1.807) is 27.7 Å². The molecule has 1 amide bonds. The van der Waals surface area contributed by atoms with Crippen LogP contribution in [0.4, 0.5) is 0 Å². The Morgan fingerprint density at radius 1 is 0.917 bits per heavy atom. The van der Waals surface area contributed by atoms with Crippen LogP contribution >= 0.6 is 7.60 Å². The molecule has 0 aliphatic carbocycles. The summed E-state index contributed by atoms with van der Waals surface area (Å²) in [5, 5.41) is -1.16. The zero-order valence-corrected chi connectivity index (χ0v) is 17.8. The van der Waals surface area contributed by atoms with Crippen LogP contribution in [0.25, 0.3) is 0 Å². The van der Waals surface area contributed by atoms with Gasteiger partial charge in [-0.2, -0.15) is 0 Å². The van der Waals surface area contributed by atoms with Gasteiger partial charge in [0.05, 0.1) is 32.8 Å². The van der Waals surface area contributed by atoms with Gasteiger partial charge in [0.25, 0.3) is 0 Å². The number of hydrogen-bond acceptors (Lipinski definition) is 4. The largest absolute Gasteiger partial charge is 0.349 e. The molecule has 0 bridgehead atoms. The minimum atomic E-state index is -3.51. The van der Waals surface area contributed by atoms with Crippen molar-refractivity contribution in [1.82, 2.24) is 0 Å². The predicted molar refractivity (Wildman–Crippen MR) is 100 cm³/mol. The zero-order valence-electron chi connectivity index (χ0n) is 16.9. The lowest BCUT2D eigenvalue weighted by Crippen LogP contribution is -2.60. The highest BCUT2D eigenvalue weighted by atomic mass is 31.2. The highest BCUT2D eigenvalue weighted by molar-refractivity contribution is 7.56. The van der Waals surface area contributed by atoms with E-state index in [9.17, 15) is 9.36 Å². The Hall–Kier alpha value is -0.220. The molecule has 0 aromatic rings. The van der Waals surface area contributed by atoms with Crippen LogP contribution in [0.1, 0.15) is 74.1 Å². The SMILES string of the molecule is CCCCCC[N+](CC)(CC)C(=O)C(C)(C)P(=O)(OCC)OCC. The maximum atomic E-state index is 13.4. The zero-order chi connectivity index (χ0) is 18.9. The third-order valence-corrected chi connectivity index (χ3v) is 7.64. The van der Waals surface area contributed by atoms with E-state index < -0.39 is 12.8 Å². The average Bonchev–Trinajstić information content (AvgIpc) is 2.55. The van der Waals surface area contributed by atoms with Crippen molar-refractivity contribution in [3.05, 3.63) is 0 Å². The van der Waals surface area contributed by atoms with Gasteiger partial charge in [-0.05, 0) is 54.4 Å². The molecule has 24 heavy (non-hydrogen) atoms. The first-order valence-electron chi connectivity index (χ1n) is 9.51. The molecule has 0 rings (SSSR count). The van der Waals surface area contributed by atoms with E-state index in [1.807, 2.05) is 13.8 Å². The van der Waals surface area contributed by atoms with Crippen molar-refractivity contribution in [3.63, 3.8) is 0 Å². The Morgan fingerprint density at radius 3 is 1.79 bits per heavy atom. The van der Waals surface area contributed by atoms with Gasteiger partial charge in [-0.15, -0.1) is 0 Å². The monoisotopic (exact) mass is 364 g/mol. The lowest BCUT2D eigenvalue weighted by atomic mass is 10.1.